The number of hydrogen-bond acceptors (Lipinski definition) is 8. The van der Waals surface area contributed by atoms with Crippen LogP contribution in [-0.2, 0) is 6.61 Å². The van der Waals surface area contributed by atoms with Crippen molar-refractivity contribution in [3.63, 3.8) is 0 Å². The highest BCUT2D eigenvalue weighted by Gasteiger charge is 2.21. The molecule has 6 rings (SSSR count). The third kappa shape index (κ3) is 5.47. The molecular formula is C31H20BrFN4O6. The van der Waals surface area contributed by atoms with Crippen LogP contribution in [0.3, 0.4) is 0 Å². The fraction of sp³-hybridized carbons (Fsp3) is 0.0645. The zero-order valence-electron chi connectivity index (χ0n) is 22.4. The average molecular weight is 643 g/mol. The van der Waals surface area contributed by atoms with Crippen LogP contribution in [-0.4, -0.2) is 27.9 Å². The van der Waals surface area contributed by atoms with Crippen LogP contribution >= 0.6 is 15.9 Å². The van der Waals surface area contributed by atoms with E-state index >= 15 is 0 Å². The van der Waals surface area contributed by atoms with Gasteiger partial charge in [0, 0.05) is 11.6 Å². The molecule has 0 bridgehead atoms. The van der Waals surface area contributed by atoms with Gasteiger partial charge in [-0.2, -0.15) is 9.78 Å². The summed E-state index contributed by atoms with van der Waals surface area (Å²) < 4.78 is 32.1. The van der Waals surface area contributed by atoms with Gasteiger partial charge in [0.15, 0.2) is 5.76 Å². The van der Waals surface area contributed by atoms with Crippen molar-refractivity contribution in [2.75, 3.05) is 7.11 Å². The predicted octanol–water partition coefficient (Wildman–Crippen LogP) is 7.09. The van der Waals surface area contributed by atoms with Crippen molar-refractivity contribution in [3.8, 4) is 23.1 Å². The maximum Gasteiger partial charge on any atom is 0.312 e. The number of furan rings is 1. The van der Waals surface area contributed by atoms with E-state index in [9.17, 15) is 19.3 Å². The van der Waals surface area contributed by atoms with Gasteiger partial charge in [-0.25, -0.2) is 9.37 Å². The van der Waals surface area contributed by atoms with Crippen LogP contribution in [0.4, 0.5) is 10.1 Å². The van der Waals surface area contributed by atoms with Gasteiger partial charge >= 0.3 is 5.69 Å². The van der Waals surface area contributed by atoms with E-state index in [-0.39, 0.29) is 34.1 Å². The Morgan fingerprint density at radius 1 is 1.07 bits per heavy atom. The number of ether oxygens (including phenoxy) is 2. The lowest BCUT2D eigenvalue weighted by molar-refractivity contribution is -0.386. The fourth-order valence-electron chi connectivity index (χ4n) is 4.57. The molecule has 0 N–H and O–H groups in total. The van der Waals surface area contributed by atoms with Crippen LogP contribution in [0.15, 0.2) is 104 Å². The highest BCUT2D eigenvalue weighted by atomic mass is 79.9. The molecule has 2 aromatic heterocycles. The second-order valence-electron chi connectivity index (χ2n) is 9.32. The molecule has 2 heterocycles. The van der Waals surface area contributed by atoms with Crippen LogP contribution in [0.25, 0.3) is 33.5 Å². The lowest BCUT2D eigenvalue weighted by atomic mass is 10.2. The Hall–Kier alpha value is -5.36. The normalized spacial score (nSPS) is 11.4. The van der Waals surface area contributed by atoms with Gasteiger partial charge in [-0.3, -0.25) is 14.9 Å². The van der Waals surface area contributed by atoms with E-state index in [0.717, 1.165) is 4.68 Å². The first kappa shape index (κ1) is 27.8. The van der Waals surface area contributed by atoms with E-state index in [1.807, 2.05) is 0 Å². The Morgan fingerprint density at radius 3 is 2.67 bits per heavy atom. The van der Waals surface area contributed by atoms with Gasteiger partial charge in [0.2, 0.25) is 11.6 Å². The topological polar surface area (TPSA) is 122 Å². The zero-order chi connectivity index (χ0) is 30.1. The number of benzene rings is 4. The molecule has 0 amide bonds. The van der Waals surface area contributed by atoms with E-state index in [2.05, 4.69) is 26.0 Å². The molecule has 214 valence electrons. The molecule has 0 radical (unpaired) electrons. The Labute approximate surface area is 250 Å². The van der Waals surface area contributed by atoms with Crippen molar-refractivity contribution in [3.05, 3.63) is 127 Å². The molecule has 0 aliphatic heterocycles. The SMILES string of the molecule is COc1cccc2oc(-c3nc4ccccc4c(=O)n3N=Cc3cc(Br)c(OCc4cccc(F)c4)c([N+](=O)[O-])c3)cc12. The van der Waals surface area contributed by atoms with Crippen molar-refractivity contribution in [1.82, 2.24) is 9.66 Å². The van der Waals surface area contributed by atoms with Gasteiger partial charge in [-0.1, -0.05) is 30.3 Å². The molecule has 43 heavy (non-hydrogen) atoms. The number of nitro benzene ring substituents is 1. The van der Waals surface area contributed by atoms with E-state index in [4.69, 9.17) is 13.9 Å². The smallest absolute Gasteiger partial charge is 0.312 e. The first-order valence-corrected chi connectivity index (χ1v) is 13.6. The molecule has 6 aromatic rings. The lowest BCUT2D eigenvalue weighted by Gasteiger charge is -2.10. The summed E-state index contributed by atoms with van der Waals surface area (Å²) in [5, 5.41) is 17.4. The largest absolute Gasteiger partial charge is 0.496 e. The molecule has 0 spiro atoms. The standard InChI is InChI=1S/C31H20BrFN4O6/c1-41-26-10-5-11-27-22(26)15-28(43-27)30-35-24-9-3-2-8-21(24)31(38)36(30)34-16-19-13-23(32)29(25(14-19)37(39)40)42-17-18-6-4-7-20(33)12-18/h2-16H,17H2,1H3. The van der Waals surface area contributed by atoms with Crippen molar-refractivity contribution >= 4 is 49.7 Å². The number of halogens is 2. The number of rotatable bonds is 8. The lowest BCUT2D eigenvalue weighted by Crippen LogP contribution is -2.20. The minimum atomic E-state index is -0.597. The number of aromatic nitrogens is 2. The van der Waals surface area contributed by atoms with E-state index in [0.29, 0.717) is 38.7 Å². The summed E-state index contributed by atoms with van der Waals surface area (Å²) in [4.78, 5) is 29.6. The molecule has 0 aliphatic carbocycles. The Kier molecular flexibility index (Phi) is 7.43. The van der Waals surface area contributed by atoms with Gasteiger partial charge in [0.1, 0.15) is 23.8 Å². The number of hydrogen-bond donors (Lipinski definition) is 0. The van der Waals surface area contributed by atoms with Crippen molar-refractivity contribution in [2.24, 2.45) is 5.10 Å². The van der Waals surface area contributed by atoms with Gasteiger partial charge in [0.05, 0.1) is 39.0 Å². The summed E-state index contributed by atoms with van der Waals surface area (Å²) in [6.45, 7) is -0.0889. The summed E-state index contributed by atoms with van der Waals surface area (Å²) in [5.41, 5.74) is 0.966. The highest BCUT2D eigenvalue weighted by molar-refractivity contribution is 9.10. The molecule has 0 atom stereocenters. The van der Waals surface area contributed by atoms with Crippen molar-refractivity contribution in [2.45, 2.75) is 6.61 Å². The molecule has 0 fully saturated rings. The number of fused-ring (bicyclic) bond motifs is 2. The Balaban J connectivity index is 1.43. The number of para-hydroxylation sites is 1. The third-order valence-electron chi connectivity index (χ3n) is 6.55. The monoisotopic (exact) mass is 642 g/mol. The minimum absolute atomic E-state index is 0.0344. The van der Waals surface area contributed by atoms with Crippen LogP contribution in [0.5, 0.6) is 11.5 Å². The van der Waals surface area contributed by atoms with Crippen LogP contribution < -0.4 is 15.0 Å². The fourth-order valence-corrected chi connectivity index (χ4v) is 5.15. The van der Waals surface area contributed by atoms with Crippen molar-refractivity contribution < 1.29 is 23.2 Å². The summed E-state index contributed by atoms with van der Waals surface area (Å²) in [6.07, 6.45) is 1.30. The first-order valence-electron chi connectivity index (χ1n) is 12.8. The van der Waals surface area contributed by atoms with Gasteiger partial charge in [0.25, 0.3) is 5.56 Å². The first-order chi connectivity index (χ1) is 20.8. The zero-order valence-corrected chi connectivity index (χ0v) is 23.9. The van der Waals surface area contributed by atoms with E-state index in [1.54, 1.807) is 67.8 Å². The minimum Gasteiger partial charge on any atom is -0.496 e. The maximum absolute atomic E-state index is 13.6. The van der Waals surface area contributed by atoms with E-state index in [1.165, 1.54) is 30.5 Å². The second-order valence-corrected chi connectivity index (χ2v) is 10.2. The Bertz CT molecular complexity index is 2120. The number of nitrogens with zero attached hydrogens (tertiary/aromatic N) is 4. The molecular weight excluding hydrogens is 623 g/mol. The Morgan fingerprint density at radius 2 is 1.88 bits per heavy atom. The molecule has 0 aliphatic rings. The van der Waals surface area contributed by atoms with Gasteiger partial charge in [-0.05, 0) is 70.0 Å². The van der Waals surface area contributed by atoms with Crippen LogP contribution in [0.1, 0.15) is 11.1 Å². The highest BCUT2D eigenvalue weighted by Crippen LogP contribution is 2.37. The maximum atomic E-state index is 13.6. The van der Waals surface area contributed by atoms with Crippen LogP contribution in [0, 0.1) is 15.9 Å². The van der Waals surface area contributed by atoms with Crippen LogP contribution in [0.2, 0.25) is 0 Å². The van der Waals surface area contributed by atoms with Gasteiger partial charge in [-0.15, -0.1) is 0 Å². The predicted molar refractivity (Wildman–Crippen MR) is 162 cm³/mol. The molecule has 0 saturated carbocycles. The summed E-state index contributed by atoms with van der Waals surface area (Å²) in [7, 11) is 1.55. The molecule has 12 heteroatoms. The number of nitro groups is 1. The molecule has 10 nitrogen and oxygen atoms in total. The summed E-state index contributed by atoms with van der Waals surface area (Å²) in [5.74, 6) is 0.505. The quantitative estimate of drug-likeness (QED) is 0.0986. The van der Waals surface area contributed by atoms with E-state index < -0.39 is 16.3 Å². The third-order valence-corrected chi connectivity index (χ3v) is 7.14. The molecule has 4 aromatic carbocycles. The second kappa shape index (κ2) is 11.5. The average Bonchev–Trinajstić information content (AvgIpc) is 3.44. The van der Waals surface area contributed by atoms with Crippen molar-refractivity contribution in [1.29, 1.82) is 0 Å². The molecule has 0 saturated heterocycles. The summed E-state index contributed by atoms with van der Waals surface area (Å²) in [6, 6.07) is 22.4. The number of methoxy groups -OCH3 is 1. The van der Waals surface area contributed by atoms with Gasteiger partial charge < -0.3 is 13.9 Å². The molecule has 0 unspecified atom stereocenters. The summed E-state index contributed by atoms with van der Waals surface area (Å²) >= 11 is 3.34.